The molecule has 2 saturated carbocycles. The lowest BCUT2D eigenvalue weighted by atomic mass is 9.59. The molecular weight excluding hydrogens is 901 g/mol. The number of aromatic amines is 1. The van der Waals surface area contributed by atoms with E-state index in [1.165, 1.54) is 11.8 Å². The van der Waals surface area contributed by atoms with Gasteiger partial charge in [0.25, 0.3) is 0 Å². The Hall–Kier alpha value is -4.13. The number of allylic oxidation sites excluding steroid dienone is 1. The van der Waals surface area contributed by atoms with Crippen molar-refractivity contribution < 1.29 is 38.2 Å². The van der Waals surface area contributed by atoms with E-state index in [9.17, 15) is 24.0 Å². The first-order chi connectivity index (χ1) is 31.8. The molecule has 2 heterocycles. The zero-order chi connectivity index (χ0) is 53.4. The minimum Gasteiger partial charge on any atom is -0.461 e. The third kappa shape index (κ3) is 14.3. The molecule has 392 valence electrons. The molecular formula is C57H90N4O8S. The fraction of sp³-hybridized carbons (Fsp3) is 0.719. The molecule has 0 saturated heterocycles. The van der Waals surface area contributed by atoms with Crippen LogP contribution in [-0.2, 0) is 33.4 Å². The van der Waals surface area contributed by atoms with E-state index in [4.69, 9.17) is 19.2 Å². The van der Waals surface area contributed by atoms with E-state index in [0.717, 1.165) is 25.7 Å². The third-order valence-electron chi connectivity index (χ3n) is 14.9. The van der Waals surface area contributed by atoms with Crippen molar-refractivity contribution in [3.05, 3.63) is 45.8 Å². The maximum absolute atomic E-state index is 15.0. The van der Waals surface area contributed by atoms with Crippen molar-refractivity contribution in [3.8, 4) is 0 Å². The predicted octanol–water partition coefficient (Wildman–Crippen LogP) is 12.7. The Morgan fingerprint density at radius 2 is 1.19 bits per heavy atom. The van der Waals surface area contributed by atoms with E-state index < -0.39 is 34.7 Å². The molecule has 1 aliphatic heterocycles. The second-order valence-electron chi connectivity index (χ2n) is 26.3. The molecule has 12 nitrogen and oxygen atoms in total. The van der Waals surface area contributed by atoms with Crippen LogP contribution in [0, 0.1) is 69.5 Å². The van der Waals surface area contributed by atoms with Gasteiger partial charge >= 0.3 is 17.9 Å². The van der Waals surface area contributed by atoms with E-state index >= 15 is 0 Å². The smallest absolute Gasteiger partial charge is 0.342 e. The lowest BCUT2D eigenvalue weighted by Crippen LogP contribution is -2.50. The lowest BCUT2D eigenvalue weighted by Gasteiger charge is -2.50. The van der Waals surface area contributed by atoms with Gasteiger partial charge < -0.3 is 29.8 Å². The van der Waals surface area contributed by atoms with Gasteiger partial charge in [0.2, 0.25) is 11.8 Å². The number of ether oxygens (including phenoxy) is 3. The summed E-state index contributed by atoms with van der Waals surface area (Å²) in [6.07, 6.45) is 4.63. The summed E-state index contributed by atoms with van der Waals surface area (Å²) >= 11 is 1.31. The molecule has 2 fully saturated rings. The van der Waals surface area contributed by atoms with Gasteiger partial charge in [-0.25, -0.2) is 19.4 Å². The van der Waals surface area contributed by atoms with Crippen LogP contribution in [0.25, 0.3) is 6.08 Å². The minimum atomic E-state index is -0.802. The van der Waals surface area contributed by atoms with Crippen molar-refractivity contribution in [2.45, 2.75) is 189 Å². The van der Waals surface area contributed by atoms with Crippen LogP contribution in [0.5, 0.6) is 0 Å². The second kappa shape index (κ2) is 21.9. The van der Waals surface area contributed by atoms with Gasteiger partial charge in [0.1, 0.15) is 41.6 Å². The highest BCUT2D eigenvalue weighted by Gasteiger charge is 2.50. The molecule has 3 N–H and O–H groups in total. The third-order valence-corrected chi connectivity index (χ3v) is 16.0. The number of carbonyl (C=O) groups is 5. The Labute approximate surface area is 425 Å². The fourth-order valence-electron chi connectivity index (χ4n) is 10.5. The predicted molar refractivity (Wildman–Crippen MR) is 285 cm³/mol. The van der Waals surface area contributed by atoms with Crippen molar-refractivity contribution in [3.63, 3.8) is 0 Å². The first-order valence-corrected chi connectivity index (χ1v) is 26.6. The second-order valence-corrected chi connectivity index (χ2v) is 27.8. The van der Waals surface area contributed by atoms with Crippen LogP contribution in [0.4, 0.5) is 5.82 Å². The van der Waals surface area contributed by atoms with Gasteiger partial charge in [0.05, 0.1) is 10.9 Å². The Bertz CT molecular complexity index is 2200. The number of hydrogen-bond acceptors (Lipinski definition) is 10. The van der Waals surface area contributed by atoms with Gasteiger partial charge in [0.15, 0.2) is 0 Å². The van der Waals surface area contributed by atoms with E-state index in [1.54, 1.807) is 54.5 Å². The van der Waals surface area contributed by atoms with Crippen LogP contribution in [0.2, 0.25) is 0 Å². The monoisotopic (exact) mass is 991 g/mol. The quantitative estimate of drug-likeness (QED) is 0.0800. The summed E-state index contributed by atoms with van der Waals surface area (Å²) in [5, 5.41) is 5.36. The largest absolute Gasteiger partial charge is 0.461 e. The fourth-order valence-corrected chi connectivity index (χ4v) is 11.2. The maximum Gasteiger partial charge on any atom is 0.342 e. The van der Waals surface area contributed by atoms with Crippen LogP contribution < -0.4 is 10.6 Å². The molecule has 2 amide bonds. The normalized spacial score (nSPS) is 25.8. The first kappa shape index (κ1) is 58.4. The average molecular weight is 991 g/mol. The van der Waals surface area contributed by atoms with Gasteiger partial charge in [-0.3, -0.25) is 9.59 Å². The molecule has 0 aromatic carbocycles. The van der Waals surface area contributed by atoms with Crippen molar-refractivity contribution in [2.75, 3.05) is 17.7 Å². The van der Waals surface area contributed by atoms with E-state index in [2.05, 4.69) is 119 Å². The highest BCUT2D eigenvalue weighted by atomic mass is 32.2. The number of amidine groups is 1. The van der Waals surface area contributed by atoms with Gasteiger partial charge in [-0.1, -0.05) is 124 Å². The molecule has 0 bridgehead atoms. The Kier molecular flexibility index (Phi) is 18.3. The number of anilines is 1. The van der Waals surface area contributed by atoms with Crippen LogP contribution in [0.3, 0.4) is 0 Å². The van der Waals surface area contributed by atoms with E-state index in [0.29, 0.717) is 45.7 Å². The number of aromatic nitrogens is 1. The summed E-state index contributed by atoms with van der Waals surface area (Å²) in [6.45, 7) is 47.0. The molecule has 5 atom stereocenters. The standard InChI is InChI=1S/C57H90N4O8S/c1-30(2)49(63)67-23-24-70-35(7)48(62)60-46-42(50(64)68-44-36(53(8,9)10)25-31(3)26-37(44)54(11,12)13)33(5)40(58-46)29-41-34(6)43(47(59-41)61-52(66)57(20,21)22)51(65)69-45-38(55(14,15)16)27-32(4)28-39(45)56(17,18)19/h29,31-32,35-39,44-45,58H,1,23-28H2,2-22H3,(H,60,62)(H,59,61,66). The van der Waals surface area contributed by atoms with Gasteiger partial charge in [-0.2, -0.15) is 0 Å². The SMILES string of the molecule is C=C(C)C(=O)OCCSC(C)C(=O)Nc1[nH]c(C=C2N=C(NC(=O)C(C)(C)C)C(C(=O)OC3C(C(C)(C)C)CC(C)CC3C(C)(C)C)=C2C)c(C)c1C(=O)OC1C(C(C)(C)C)CC(C)CC1C(C)(C)C. The lowest BCUT2D eigenvalue weighted by molar-refractivity contribution is -0.164. The molecule has 1 aromatic rings. The topological polar surface area (TPSA) is 165 Å². The highest BCUT2D eigenvalue weighted by molar-refractivity contribution is 8.00. The molecule has 0 spiro atoms. The van der Waals surface area contributed by atoms with Gasteiger partial charge in [0, 0.05) is 46.1 Å². The molecule has 1 aromatic heterocycles. The van der Waals surface area contributed by atoms with E-state index in [1.807, 2.05) is 0 Å². The van der Waals surface area contributed by atoms with Crippen molar-refractivity contribution in [2.24, 2.45) is 67.6 Å². The van der Waals surface area contributed by atoms with Crippen molar-refractivity contribution in [1.29, 1.82) is 0 Å². The number of hydrogen-bond donors (Lipinski definition) is 3. The molecule has 13 heteroatoms. The van der Waals surface area contributed by atoms with Crippen molar-refractivity contribution in [1.82, 2.24) is 10.3 Å². The summed E-state index contributed by atoms with van der Waals surface area (Å²) in [7, 11) is 0. The summed E-state index contributed by atoms with van der Waals surface area (Å²) in [6, 6.07) is 0. The summed E-state index contributed by atoms with van der Waals surface area (Å²) in [5.74, 6) is -0.418. The molecule has 2 aliphatic carbocycles. The zero-order valence-electron chi connectivity index (χ0n) is 46.8. The minimum absolute atomic E-state index is 0.0774. The van der Waals surface area contributed by atoms with Crippen LogP contribution >= 0.6 is 11.8 Å². The van der Waals surface area contributed by atoms with E-state index in [-0.39, 0.29) is 92.6 Å². The number of esters is 3. The number of aliphatic imine (C=N–C) groups is 1. The van der Waals surface area contributed by atoms with Gasteiger partial charge in [-0.15, -0.1) is 11.8 Å². The summed E-state index contributed by atoms with van der Waals surface area (Å²) in [5.41, 5.74) is 1.10. The molecule has 0 radical (unpaired) electrons. The molecule has 70 heavy (non-hydrogen) atoms. The number of rotatable bonds is 12. The van der Waals surface area contributed by atoms with Crippen LogP contribution in [0.15, 0.2) is 34.0 Å². The number of nitrogens with one attached hydrogen (secondary N) is 3. The number of nitrogens with zero attached hydrogens (tertiary/aromatic N) is 1. The van der Waals surface area contributed by atoms with Crippen molar-refractivity contribution >= 4 is 59.2 Å². The number of carbonyl (C=O) groups excluding carboxylic acids is 5. The number of amides is 2. The Morgan fingerprint density at radius 3 is 1.60 bits per heavy atom. The maximum atomic E-state index is 15.0. The number of H-pyrrole nitrogens is 1. The van der Waals surface area contributed by atoms with Crippen LogP contribution in [0.1, 0.15) is 186 Å². The molecule has 4 rings (SSSR count). The first-order valence-electron chi connectivity index (χ1n) is 25.6. The van der Waals surface area contributed by atoms with Gasteiger partial charge in [-0.05, 0) is 104 Å². The Balaban J connectivity index is 1.87. The summed E-state index contributed by atoms with van der Waals surface area (Å²) in [4.78, 5) is 77.7. The average Bonchev–Trinajstić information content (AvgIpc) is 3.68. The number of thioether (sulfide) groups is 1. The molecule has 3 aliphatic rings. The highest BCUT2D eigenvalue weighted by Crippen LogP contribution is 2.52. The zero-order valence-corrected chi connectivity index (χ0v) is 47.7. The summed E-state index contributed by atoms with van der Waals surface area (Å²) < 4.78 is 18.7. The molecule has 5 unspecified atom stereocenters. The van der Waals surface area contributed by atoms with Crippen LogP contribution in [-0.4, -0.2) is 70.4 Å². The Morgan fingerprint density at radius 1 is 0.743 bits per heavy atom.